The summed E-state index contributed by atoms with van der Waals surface area (Å²) in [5.74, 6) is 3.64. The predicted octanol–water partition coefficient (Wildman–Crippen LogP) is 8.58. The van der Waals surface area contributed by atoms with Crippen molar-refractivity contribution in [3.63, 3.8) is 0 Å². The Morgan fingerprint density at radius 3 is 2.56 bits per heavy atom. The number of nitrogens with one attached hydrogen (secondary N) is 1. The van der Waals surface area contributed by atoms with Gasteiger partial charge in [-0.2, -0.15) is 0 Å². The van der Waals surface area contributed by atoms with Crippen LogP contribution in [-0.2, 0) is 4.79 Å². The normalized spacial score (nSPS) is 34.9. The first kappa shape index (κ1) is 30.8. The molecule has 4 aliphatic carbocycles. The van der Waals surface area contributed by atoms with E-state index in [9.17, 15) is 9.90 Å². The van der Waals surface area contributed by atoms with E-state index in [1.54, 1.807) is 0 Å². The van der Waals surface area contributed by atoms with Crippen LogP contribution in [0.3, 0.4) is 0 Å². The Kier molecular flexibility index (Phi) is 9.13. The van der Waals surface area contributed by atoms with Crippen molar-refractivity contribution in [2.45, 2.75) is 136 Å². The summed E-state index contributed by atoms with van der Waals surface area (Å²) in [6.45, 7) is 14.3. The van der Waals surface area contributed by atoms with Crippen LogP contribution in [0.1, 0.15) is 130 Å². The predicted molar refractivity (Wildman–Crippen MR) is 168 cm³/mol. The van der Waals surface area contributed by atoms with Crippen molar-refractivity contribution >= 4 is 5.78 Å². The molecule has 41 heavy (non-hydrogen) atoms. The van der Waals surface area contributed by atoms with Gasteiger partial charge in [0.15, 0.2) is 5.78 Å². The summed E-state index contributed by atoms with van der Waals surface area (Å²) in [6, 6.07) is 9.63. The highest BCUT2D eigenvalue weighted by molar-refractivity contribution is 5.91. The molecular weight excluding hydrogens is 506 g/mol. The highest BCUT2D eigenvalue weighted by Crippen LogP contribution is 2.68. The van der Waals surface area contributed by atoms with Gasteiger partial charge in [0.05, 0.1) is 12.2 Å². The van der Waals surface area contributed by atoms with E-state index in [0.29, 0.717) is 54.6 Å². The number of allylic oxidation sites excluding steroid dienone is 1. The number of benzene rings is 1. The van der Waals surface area contributed by atoms with E-state index in [1.807, 2.05) is 6.08 Å². The van der Waals surface area contributed by atoms with Gasteiger partial charge in [0.2, 0.25) is 0 Å². The van der Waals surface area contributed by atoms with Crippen LogP contribution in [0.5, 0.6) is 5.75 Å². The summed E-state index contributed by atoms with van der Waals surface area (Å²) in [5.41, 5.74) is 2.07. The molecule has 0 bridgehead atoms. The van der Waals surface area contributed by atoms with E-state index in [2.05, 4.69) is 71.1 Å². The Morgan fingerprint density at radius 1 is 1.05 bits per heavy atom. The van der Waals surface area contributed by atoms with E-state index in [4.69, 9.17) is 4.74 Å². The Labute approximate surface area is 250 Å². The molecule has 3 saturated carbocycles. The number of ether oxygens (including phenoxy) is 1. The van der Waals surface area contributed by atoms with Gasteiger partial charge in [0.1, 0.15) is 5.75 Å². The molecule has 0 radical (unpaired) electrons. The highest BCUT2D eigenvalue weighted by Gasteiger charge is 2.64. The van der Waals surface area contributed by atoms with Gasteiger partial charge in [0, 0.05) is 23.9 Å². The smallest absolute Gasteiger partial charge is 0.155 e. The molecule has 0 aromatic heterocycles. The van der Waals surface area contributed by atoms with Crippen LogP contribution in [0.25, 0.3) is 0 Å². The molecule has 2 N–H and O–H groups in total. The van der Waals surface area contributed by atoms with Gasteiger partial charge >= 0.3 is 0 Å². The van der Waals surface area contributed by atoms with Crippen LogP contribution >= 0.6 is 0 Å². The molecule has 0 spiro atoms. The molecule has 228 valence electrons. The van der Waals surface area contributed by atoms with Crippen LogP contribution in [0.4, 0.5) is 0 Å². The van der Waals surface area contributed by atoms with Crippen LogP contribution in [0, 0.1) is 34.5 Å². The maximum absolute atomic E-state index is 12.4. The van der Waals surface area contributed by atoms with Crippen LogP contribution in [0.15, 0.2) is 35.9 Å². The van der Waals surface area contributed by atoms with Crippen molar-refractivity contribution in [3.05, 3.63) is 41.5 Å². The minimum absolute atomic E-state index is 0.0635. The van der Waals surface area contributed by atoms with E-state index in [1.165, 1.54) is 17.6 Å². The largest absolute Gasteiger partial charge is 0.494 e. The van der Waals surface area contributed by atoms with Crippen molar-refractivity contribution < 1.29 is 14.6 Å². The standard InChI is InChI=1S/C37H57NO3/c1-7-11-34(38-26(8-2)9-3)25-12-10-13-28(22-25)41-21-20-37-19-16-29-30-15-14-27(39)23-33(30)35(4,5)24-31(29)32(37)17-18-36(37,6)40/h10,12-13,22-23,26,29-32,34,38,40H,7-9,11,14-21,24H2,1-6H3/t29?,30?,31?,32?,34?,36-,37?/m0/s1. The molecule has 4 nitrogen and oxygen atoms in total. The quantitative estimate of drug-likeness (QED) is 0.283. The topological polar surface area (TPSA) is 58.6 Å². The average Bonchev–Trinajstić information content (AvgIpc) is 3.21. The van der Waals surface area contributed by atoms with Gasteiger partial charge < -0.3 is 15.2 Å². The zero-order chi connectivity index (χ0) is 29.4. The number of aliphatic hydroxyl groups is 1. The molecule has 0 aliphatic heterocycles. The van der Waals surface area contributed by atoms with Crippen molar-refractivity contribution in [3.8, 4) is 5.75 Å². The third kappa shape index (κ3) is 5.81. The first-order valence-corrected chi connectivity index (χ1v) is 17.0. The minimum Gasteiger partial charge on any atom is -0.494 e. The molecule has 1 aromatic carbocycles. The van der Waals surface area contributed by atoms with Gasteiger partial charge in [-0.15, -0.1) is 0 Å². The van der Waals surface area contributed by atoms with Gasteiger partial charge in [0.25, 0.3) is 0 Å². The van der Waals surface area contributed by atoms with Crippen LogP contribution in [-0.4, -0.2) is 29.1 Å². The molecule has 6 unspecified atom stereocenters. The average molecular weight is 564 g/mol. The second kappa shape index (κ2) is 12.2. The molecule has 0 saturated heterocycles. The lowest BCUT2D eigenvalue weighted by Gasteiger charge is -2.59. The lowest BCUT2D eigenvalue weighted by Crippen LogP contribution is -2.55. The molecule has 7 atom stereocenters. The van der Waals surface area contributed by atoms with Gasteiger partial charge in [-0.25, -0.2) is 0 Å². The first-order valence-electron chi connectivity index (χ1n) is 17.0. The van der Waals surface area contributed by atoms with Gasteiger partial charge in [-0.3, -0.25) is 4.79 Å². The van der Waals surface area contributed by atoms with Gasteiger partial charge in [-0.1, -0.05) is 58.7 Å². The molecule has 0 heterocycles. The number of ketones is 1. The van der Waals surface area contributed by atoms with Crippen molar-refractivity contribution in [2.24, 2.45) is 34.5 Å². The fourth-order valence-electron chi connectivity index (χ4n) is 10.0. The number of rotatable bonds is 11. The fraction of sp³-hybridized carbons (Fsp3) is 0.757. The van der Waals surface area contributed by atoms with Crippen molar-refractivity contribution in [1.82, 2.24) is 5.32 Å². The van der Waals surface area contributed by atoms with Crippen molar-refractivity contribution in [1.29, 1.82) is 0 Å². The summed E-state index contributed by atoms with van der Waals surface area (Å²) in [6.07, 6.45) is 14.6. The van der Waals surface area contributed by atoms with Crippen molar-refractivity contribution in [2.75, 3.05) is 6.61 Å². The number of carbonyl (C=O) groups excluding carboxylic acids is 1. The maximum atomic E-state index is 12.4. The highest BCUT2D eigenvalue weighted by atomic mass is 16.5. The van der Waals surface area contributed by atoms with E-state index < -0.39 is 5.60 Å². The Bertz CT molecular complexity index is 1100. The number of fused-ring (bicyclic) bond motifs is 5. The van der Waals surface area contributed by atoms with E-state index >= 15 is 0 Å². The molecule has 4 aliphatic rings. The Morgan fingerprint density at radius 2 is 1.83 bits per heavy atom. The maximum Gasteiger partial charge on any atom is 0.155 e. The van der Waals surface area contributed by atoms with E-state index in [0.717, 1.165) is 70.0 Å². The number of hydrogen-bond donors (Lipinski definition) is 2. The summed E-state index contributed by atoms with van der Waals surface area (Å²) in [7, 11) is 0. The van der Waals surface area contributed by atoms with Crippen LogP contribution < -0.4 is 10.1 Å². The Balaban J connectivity index is 1.31. The minimum atomic E-state index is -0.651. The Hall–Kier alpha value is -1.65. The second-order valence-electron chi connectivity index (χ2n) is 14.9. The molecule has 1 aromatic rings. The van der Waals surface area contributed by atoms with Gasteiger partial charge in [-0.05, 0) is 124 Å². The third-order valence-electron chi connectivity index (χ3n) is 12.3. The molecule has 3 fully saturated rings. The number of hydrogen-bond acceptors (Lipinski definition) is 4. The first-order chi connectivity index (χ1) is 19.5. The van der Waals surface area contributed by atoms with Crippen LogP contribution in [0.2, 0.25) is 0 Å². The summed E-state index contributed by atoms with van der Waals surface area (Å²) >= 11 is 0. The lowest BCUT2D eigenvalue weighted by molar-refractivity contribution is -0.134. The summed E-state index contributed by atoms with van der Waals surface area (Å²) in [4.78, 5) is 12.4. The zero-order valence-corrected chi connectivity index (χ0v) is 26.8. The molecule has 0 amide bonds. The molecular formula is C37H57NO3. The fourth-order valence-corrected chi connectivity index (χ4v) is 10.0. The molecule has 4 heteroatoms. The number of carbonyl (C=O) groups is 1. The second-order valence-corrected chi connectivity index (χ2v) is 14.9. The van der Waals surface area contributed by atoms with E-state index in [-0.39, 0.29) is 10.8 Å². The SMILES string of the molecule is CCCC(NC(CC)CC)c1cccc(OCCC23CCC4C5CCC(=O)C=C5C(C)(C)CC4C2CC[C@]3(C)O)c1. The summed E-state index contributed by atoms with van der Waals surface area (Å²) < 4.78 is 6.52. The molecule has 5 rings (SSSR count). The lowest BCUT2D eigenvalue weighted by atomic mass is 9.46. The third-order valence-corrected chi connectivity index (χ3v) is 12.3. The summed E-state index contributed by atoms with van der Waals surface area (Å²) in [5, 5.41) is 15.8. The zero-order valence-electron chi connectivity index (χ0n) is 26.8. The monoisotopic (exact) mass is 563 g/mol.